The first-order valence-electron chi connectivity index (χ1n) is 6.99. The first kappa shape index (κ1) is 14.5. The number of hydrogen-bond acceptors (Lipinski definition) is 3. The average molecular weight is 280 g/mol. The van der Waals surface area contributed by atoms with Gasteiger partial charge in [-0.15, -0.1) is 11.3 Å². The zero-order valence-corrected chi connectivity index (χ0v) is 13.4. The Morgan fingerprint density at radius 2 is 2.16 bits per heavy atom. The second kappa shape index (κ2) is 4.89. The average Bonchev–Trinajstić information content (AvgIpc) is 2.86. The zero-order chi connectivity index (χ0) is 14.3. The summed E-state index contributed by atoms with van der Waals surface area (Å²) in [7, 11) is 0. The molecule has 1 atom stereocenters. The van der Waals surface area contributed by atoms with E-state index in [1.54, 1.807) is 11.3 Å². The summed E-state index contributed by atoms with van der Waals surface area (Å²) in [6, 6.07) is 0. The van der Waals surface area contributed by atoms with Gasteiger partial charge in [0.15, 0.2) is 0 Å². The summed E-state index contributed by atoms with van der Waals surface area (Å²) in [6.07, 6.45) is 2.42. The molecule has 1 amide bonds. The molecule has 0 radical (unpaired) electrons. The number of carbonyl (C=O) groups excluding carboxylic acids is 1. The topological polar surface area (TPSA) is 42.0 Å². The lowest BCUT2D eigenvalue weighted by atomic mass is 9.81. The molecule has 1 aromatic heterocycles. The minimum absolute atomic E-state index is 0.0969. The van der Waals surface area contributed by atoms with Crippen LogP contribution in [0, 0.1) is 5.92 Å². The molecule has 0 saturated carbocycles. The fourth-order valence-corrected chi connectivity index (χ4v) is 3.47. The Hall–Kier alpha value is -0.900. The summed E-state index contributed by atoms with van der Waals surface area (Å²) >= 11 is 1.73. The van der Waals surface area contributed by atoms with Crippen molar-refractivity contribution in [1.82, 2.24) is 10.3 Å². The van der Waals surface area contributed by atoms with Gasteiger partial charge in [0.1, 0.15) is 0 Å². The van der Waals surface area contributed by atoms with Crippen LogP contribution in [0.4, 0.5) is 0 Å². The second-order valence-corrected chi connectivity index (χ2v) is 7.79. The second-order valence-electron chi connectivity index (χ2n) is 6.93. The Bertz CT molecular complexity index is 473. The van der Waals surface area contributed by atoms with Gasteiger partial charge in [-0.1, -0.05) is 34.6 Å². The molecule has 1 N–H and O–H groups in total. The van der Waals surface area contributed by atoms with Gasteiger partial charge >= 0.3 is 0 Å². The molecule has 106 valence electrons. The highest BCUT2D eigenvalue weighted by Gasteiger charge is 2.41. The lowest BCUT2D eigenvalue weighted by Gasteiger charge is -2.33. The van der Waals surface area contributed by atoms with Crippen molar-refractivity contribution in [1.29, 1.82) is 0 Å². The number of hydrogen-bond donors (Lipinski definition) is 1. The van der Waals surface area contributed by atoms with Gasteiger partial charge in [-0.05, 0) is 12.3 Å². The molecule has 0 bridgehead atoms. The van der Waals surface area contributed by atoms with Crippen molar-refractivity contribution >= 4 is 17.2 Å². The van der Waals surface area contributed by atoms with Gasteiger partial charge in [-0.2, -0.15) is 0 Å². The SMILES string of the molecule is CC(C)C1(Cc2csc(C(C)(C)C)n2)CCC(=O)N1. The predicted molar refractivity (Wildman–Crippen MR) is 79.5 cm³/mol. The standard InChI is InChI=1S/C15H24N2OS/c1-10(2)15(7-6-12(18)17-15)8-11-9-19-13(16-11)14(3,4)5/h9-10H,6-8H2,1-5H3,(H,17,18). The molecule has 1 aliphatic heterocycles. The van der Waals surface area contributed by atoms with Crippen molar-refractivity contribution in [3.8, 4) is 0 Å². The third-order valence-electron chi connectivity index (χ3n) is 3.98. The highest BCUT2D eigenvalue weighted by atomic mass is 32.1. The minimum atomic E-state index is -0.0969. The van der Waals surface area contributed by atoms with Gasteiger partial charge in [0.2, 0.25) is 5.91 Å². The van der Waals surface area contributed by atoms with Crippen LogP contribution in [0.25, 0.3) is 0 Å². The third-order valence-corrected chi connectivity index (χ3v) is 5.30. The largest absolute Gasteiger partial charge is 0.350 e. The summed E-state index contributed by atoms with van der Waals surface area (Å²) < 4.78 is 0. The van der Waals surface area contributed by atoms with Crippen LogP contribution in [-0.2, 0) is 16.6 Å². The van der Waals surface area contributed by atoms with E-state index >= 15 is 0 Å². The molecule has 1 saturated heterocycles. The normalized spacial score (nSPS) is 24.0. The molecule has 4 heteroatoms. The van der Waals surface area contributed by atoms with Gasteiger partial charge in [0.25, 0.3) is 0 Å². The van der Waals surface area contributed by atoms with Crippen LogP contribution in [0.1, 0.15) is 58.2 Å². The van der Waals surface area contributed by atoms with Crippen LogP contribution in [0.2, 0.25) is 0 Å². The third kappa shape index (κ3) is 2.99. The van der Waals surface area contributed by atoms with Crippen molar-refractivity contribution in [3.63, 3.8) is 0 Å². The smallest absolute Gasteiger partial charge is 0.220 e. The number of amides is 1. The lowest BCUT2D eigenvalue weighted by molar-refractivity contribution is -0.120. The molecule has 1 aliphatic rings. The summed E-state index contributed by atoms with van der Waals surface area (Å²) in [5, 5.41) is 6.51. The van der Waals surface area contributed by atoms with E-state index in [0.29, 0.717) is 12.3 Å². The van der Waals surface area contributed by atoms with Crippen molar-refractivity contribution in [2.45, 2.75) is 64.8 Å². The number of rotatable bonds is 3. The Morgan fingerprint density at radius 1 is 1.47 bits per heavy atom. The van der Waals surface area contributed by atoms with E-state index in [0.717, 1.165) is 18.5 Å². The summed E-state index contributed by atoms with van der Waals surface area (Å²) in [6.45, 7) is 10.9. The van der Waals surface area contributed by atoms with Crippen LogP contribution in [0.5, 0.6) is 0 Å². The Balaban J connectivity index is 2.19. The van der Waals surface area contributed by atoms with E-state index in [9.17, 15) is 4.79 Å². The molecule has 0 aliphatic carbocycles. The lowest BCUT2D eigenvalue weighted by Crippen LogP contribution is -2.48. The number of carbonyl (C=O) groups is 1. The summed E-state index contributed by atoms with van der Waals surface area (Å²) in [5.74, 6) is 0.610. The molecule has 2 heterocycles. The first-order chi connectivity index (χ1) is 8.73. The number of thiazole rings is 1. The molecule has 1 aromatic rings. The number of nitrogens with zero attached hydrogens (tertiary/aromatic N) is 1. The predicted octanol–water partition coefficient (Wildman–Crippen LogP) is 3.29. The molecule has 1 unspecified atom stereocenters. The van der Waals surface area contributed by atoms with Crippen LogP contribution < -0.4 is 5.32 Å². The van der Waals surface area contributed by atoms with Gasteiger partial charge in [0.05, 0.1) is 10.7 Å². The van der Waals surface area contributed by atoms with Gasteiger partial charge < -0.3 is 5.32 Å². The zero-order valence-electron chi connectivity index (χ0n) is 12.5. The molecule has 3 nitrogen and oxygen atoms in total. The van der Waals surface area contributed by atoms with E-state index < -0.39 is 0 Å². The van der Waals surface area contributed by atoms with Gasteiger partial charge in [-0.3, -0.25) is 4.79 Å². The Kier molecular flexibility index (Phi) is 3.74. The maximum atomic E-state index is 11.6. The molecule has 19 heavy (non-hydrogen) atoms. The molecular weight excluding hydrogens is 256 g/mol. The number of nitrogens with one attached hydrogen (secondary N) is 1. The van der Waals surface area contributed by atoms with E-state index in [-0.39, 0.29) is 16.9 Å². The van der Waals surface area contributed by atoms with E-state index in [2.05, 4.69) is 45.3 Å². The van der Waals surface area contributed by atoms with Gasteiger partial charge in [0, 0.05) is 29.2 Å². The quantitative estimate of drug-likeness (QED) is 0.923. The molecule has 2 rings (SSSR count). The van der Waals surface area contributed by atoms with E-state index in [1.807, 2.05) is 0 Å². The van der Waals surface area contributed by atoms with Crippen LogP contribution in [-0.4, -0.2) is 16.4 Å². The van der Waals surface area contributed by atoms with Crippen LogP contribution >= 0.6 is 11.3 Å². The van der Waals surface area contributed by atoms with E-state index in [1.165, 1.54) is 5.01 Å². The van der Waals surface area contributed by atoms with Crippen LogP contribution in [0.15, 0.2) is 5.38 Å². The van der Waals surface area contributed by atoms with Crippen LogP contribution in [0.3, 0.4) is 0 Å². The fourth-order valence-electron chi connectivity index (χ4n) is 2.56. The molecule has 0 aromatic carbocycles. The Morgan fingerprint density at radius 3 is 2.58 bits per heavy atom. The molecule has 1 fully saturated rings. The maximum Gasteiger partial charge on any atom is 0.220 e. The first-order valence-corrected chi connectivity index (χ1v) is 7.87. The van der Waals surface area contributed by atoms with Crippen molar-refractivity contribution in [2.75, 3.05) is 0 Å². The molecule has 0 spiro atoms. The monoisotopic (exact) mass is 280 g/mol. The fraction of sp³-hybridized carbons (Fsp3) is 0.733. The van der Waals surface area contributed by atoms with Crippen molar-refractivity contribution in [3.05, 3.63) is 16.1 Å². The van der Waals surface area contributed by atoms with E-state index in [4.69, 9.17) is 4.98 Å². The summed E-state index contributed by atoms with van der Waals surface area (Å²) in [4.78, 5) is 16.4. The summed E-state index contributed by atoms with van der Waals surface area (Å²) in [5.41, 5.74) is 1.12. The number of aromatic nitrogens is 1. The maximum absolute atomic E-state index is 11.6. The highest BCUT2D eigenvalue weighted by molar-refractivity contribution is 7.09. The van der Waals surface area contributed by atoms with Crippen molar-refractivity contribution in [2.24, 2.45) is 5.92 Å². The van der Waals surface area contributed by atoms with Crippen molar-refractivity contribution < 1.29 is 4.79 Å². The molecular formula is C15H24N2OS. The van der Waals surface area contributed by atoms with Gasteiger partial charge in [-0.25, -0.2) is 4.98 Å². The Labute approximate surface area is 119 Å². The minimum Gasteiger partial charge on any atom is -0.350 e. The highest BCUT2D eigenvalue weighted by Crippen LogP contribution is 2.33.